The SMILES string of the molecule is N#Cc1cnn(C2CCN(Cc3n[nH]c4c3CCC4)C2)c1. The molecule has 1 N–H and O–H groups in total. The number of nitriles is 1. The monoisotopic (exact) mass is 282 g/mol. The summed E-state index contributed by atoms with van der Waals surface area (Å²) < 4.78 is 1.94. The molecule has 2 aliphatic rings. The zero-order valence-electron chi connectivity index (χ0n) is 11.9. The Balaban J connectivity index is 1.43. The van der Waals surface area contributed by atoms with E-state index in [1.54, 1.807) is 6.20 Å². The van der Waals surface area contributed by atoms with E-state index >= 15 is 0 Å². The summed E-state index contributed by atoms with van der Waals surface area (Å²) in [5, 5.41) is 20.9. The van der Waals surface area contributed by atoms with Gasteiger partial charge < -0.3 is 0 Å². The minimum atomic E-state index is 0.374. The number of aryl methyl sites for hydroxylation is 1. The Morgan fingerprint density at radius 2 is 2.38 bits per heavy atom. The molecule has 2 aromatic heterocycles. The van der Waals surface area contributed by atoms with Crippen LogP contribution in [0.25, 0.3) is 0 Å². The van der Waals surface area contributed by atoms with Crippen molar-refractivity contribution in [2.75, 3.05) is 13.1 Å². The van der Waals surface area contributed by atoms with Crippen molar-refractivity contribution >= 4 is 0 Å². The third kappa shape index (κ3) is 2.24. The van der Waals surface area contributed by atoms with Gasteiger partial charge in [-0.25, -0.2) is 0 Å². The minimum Gasteiger partial charge on any atom is -0.295 e. The topological polar surface area (TPSA) is 73.5 Å². The van der Waals surface area contributed by atoms with E-state index < -0.39 is 0 Å². The summed E-state index contributed by atoms with van der Waals surface area (Å²) in [7, 11) is 0. The van der Waals surface area contributed by atoms with Gasteiger partial charge in [0.05, 0.1) is 23.5 Å². The lowest BCUT2D eigenvalue weighted by Crippen LogP contribution is -2.22. The fourth-order valence-electron chi connectivity index (χ4n) is 3.50. The fourth-order valence-corrected chi connectivity index (χ4v) is 3.50. The van der Waals surface area contributed by atoms with Crippen LogP contribution in [0, 0.1) is 11.3 Å². The summed E-state index contributed by atoms with van der Waals surface area (Å²) in [6.07, 6.45) is 8.14. The summed E-state index contributed by atoms with van der Waals surface area (Å²) >= 11 is 0. The van der Waals surface area contributed by atoms with Gasteiger partial charge in [0, 0.05) is 31.5 Å². The lowest BCUT2D eigenvalue weighted by Gasteiger charge is -2.15. The van der Waals surface area contributed by atoms with E-state index in [9.17, 15) is 0 Å². The van der Waals surface area contributed by atoms with Crippen molar-refractivity contribution in [3.63, 3.8) is 0 Å². The van der Waals surface area contributed by atoms with Gasteiger partial charge >= 0.3 is 0 Å². The van der Waals surface area contributed by atoms with Crippen LogP contribution in [0.2, 0.25) is 0 Å². The molecule has 0 aromatic carbocycles. The fraction of sp³-hybridized carbons (Fsp3) is 0.533. The summed E-state index contributed by atoms with van der Waals surface area (Å²) in [4.78, 5) is 2.44. The Morgan fingerprint density at radius 3 is 3.24 bits per heavy atom. The molecular weight excluding hydrogens is 264 g/mol. The number of likely N-dealkylation sites (tertiary alicyclic amines) is 1. The van der Waals surface area contributed by atoms with Crippen LogP contribution in [-0.2, 0) is 19.4 Å². The lowest BCUT2D eigenvalue weighted by molar-refractivity contribution is 0.307. The average molecular weight is 282 g/mol. The van der Waals surface area contributed by atoms with Gasteiger partial charge in [-0.1, -0.05) is 0 Å². The molecule has 0 saturated carbocycles. The van der Waals surface area contributed by atoms with E-state index in [0.717, 1.165) is 32.5 Å². The van der Waals surface area contributed by atoms with Crippen molar-refractivity contribution < 1.29 is 0 Å². The Labute approximate surface area is 123 Å². The van der Waals surface area contributed by atoms with Crippen molar-refractivity contribution in [2.45, 2.75) is 38.3 Å². The van der Waals surface area contributed by atoms with E-state index in [-0.39, 0.29) is 0 Å². The van der Waals surface area contributed by atoms with Crippen LogP contribution in [0.5, 0.6) is 0 Å². The highest BCUT2D eigenvalue weighted by Crippen LogP contribution is 2.27. The quantitative estimate of drug-likeness (QED) is 0.924. The molecule has 2 aromatic rings. The molecule has 6 heteroatoms. The second kappa shape index (κ2) is 5.01. The highest BCUT2D eigenvalue weighted by molar-refractivity contribution is 5.29. The zero-order chi connectivity index (χ0) is 14.2. The van der Waals surface area contributed by atoms with Crippen LogP contribution in [0.3, 0.4) is 0 Å². The van der Waals surface area contributed by atoms with Crippen LogP contribution in [0.1, 0.15) is 41.4 Å². The molecule has 3 heterocycles. The van der Waals surface area contributed by atoms with Gasteiger partial charge in [0.15, 0.2) is 0 Å². The Hall–Kier alpha value is -2.13. The lowest BCUT2D eigenvalue weighted by atomic mass is 10.2. The molecule has 0 bridgehead atoms. The highest BCUT2D eigenvalue weighted by Gasteiger charge is 2.27. The number of hydrogen-bond donors (Lipinski definition) is 1. The standard InChI is InChI=1S/C15H18N6/c16-6-11-7-17-21(8-11)12-4-5-20(9-12)10-15-13-2-1-3-14(13)18-19-15/h7-8,12H,1-5,9-10H2,(H,18,19). The van der Waals surface area contributed by atoms with E-state index in [4.69, 9.17) is 5.26 Å². The number of aromatic amines is 1. The summed E-state index contributed by atoms with van der Waals surface area (Å²) in [5.41, 5.74) is 4.65. The molecule has 1 fully saturated rings. The van der Waals surface area contributed by atoms with E-state index in [1.165, 1.54) is 29.8 Å². The molecule has 0 amide bonds. The molecule has 1 saturated heterocycles. The Bertz CT molecular complexity index is 691. The molecule has 1 atom stereocenters. The van der Waals surface area contributed by atoms with Crippen LogP contribution < -0.4 is 0 Å². The summed E-state index contributed by atoms with van der Waals surface area (Å²) in [6.45, 7) is 2.97. The van der Waals surface area contributed by atoms with Crippen LogP contribution >= 0.6 is 0 Å². The second-order valence-electron chi connectivity index (χ2n) is 5.98. The first-order valence-electron chi connectivity index (χ1n) is 7.55. The van der Waals surface area contributed by atoms with Crippen molar-refractivity contribution in [3.05, 3.63) is 34.9 Å². The molecule has 1 aliphatic carbocycles. The molecule has 21 heavy (non-hydrogen) atoms. The van der Waals surface area contributed by atoms with Crippen molar-refractivity contribution in [2.24, 2.45) is 0 Å². The Kier molecular flexibility index (Phi) is 3.00. The van der Waals surface area contributed by atoms with Gasteiger partial charge in [-0.3, -0.25) is 14.7 Å². The minimum absolute atomic E-state index is 0.374. The maximum atomic E-state index is 8.88. The number of fused-ring (bicyclic) bond motifs is 1. The van der Waals surface area contributed by atoms with Crippen LogP contribution in [0.15, 0.2) is 12.4 Å². The number of hydrogen-bond acceptors (Lipinski definition) is 4. The predicted molar refractivity (Wildman–Crippen MR) is 76.5 cm³/mol. The highest BCUT2D eigenvalue weighted by atomic mass is 15.3. The third-order valence-corrected chi connectivity index (χ3v) is 4.62. The molecule has 1 aliphatic heterocycles. The average Bonchev–Trinajstić information content (AvgIpc) is 3.25. The number of H-pyrrole nitrogens is 1. The number of rotatable bonds is 3. The number of nitrogens with one attached hydrogen (secondary N) is 1. The first kappa shape index (κ1) is 12.6. The van der Waals surface area contributed by atoms with Crippen molar-refractivity contribution in [1.29, 1.82) is 5.26 Å². The van der Waals surface area contributed by atoms with Crippen molar-refractivity contribution in [1.82, 2.24) is 24.9 Å². The summed E-state index contributed by atoms with van der Waals surface area (Å²) in [6, 6.07) is 2.51. The molecule has 0 radical (unpaired) electrons. The maximum Gasteiger partial charge on any atom is 0.102 e. The predicted octanol–water partition coefficient (Wildman–Crippen LogP) is 1.41. The van der Waals surface area contributed by atoms with Gasteiger partial charge in [-0.15, -0.1) is 0 Å². The smallest absolute Gasteiger partial charge is 0.102 e. The van der Waals surface area contributed by atoms with Crippen molar-refractivity contribution in [3.8, 4) is 6.07 Å². The molecule has 4 rings (SSSR count). The van der Waals surface area contributed by atoms with Crippen LogP contribution in [-0.4, -0.2) is 38.0 Å². The van der Waals surface area contributed by atoms with Gasteiger partial charge in [-0.2, -0.15) is 15.5 Å². The van der Waals surface area contributed by atoms with E-state index in [0.29, 0.717) is 11.6 Å². The van der Waals surface area contributed by atoms with Gasteiger partial charge in [0.1, 0.15) is 6.07 Å². The van der Waals surface area contributed by atoms with E-state index in [2.05, 4.69) is 26.3 Å². The van der Waals surface area contributed by atoms with Gasteiger partial charge in [0.25, 0.3) is 0 Å². The second-order valence-corrected chi connectivity index (χ2v) is 5.98. The molecular formula is C15H18N6. The maximum absolute atomic E-state index is 8.88. The number of nitrogens with zero attached hydrogens (tertiary/aromatic N) is 5. The van der Waals surface area contributed by atoms with Crippen LogP contribution in [0.4, 0.5) is 0 Å². The number of aromatic nitrogens is 4. The summed E-state index contributed by atoms with van der Waals surface area (Å²) in [5.74, 6) is 0. The molecule has 1 unspecified atom stereocenters. The molecule has 108 valence electrons. The Morgan fingerprint density at radius 1 is 1.43 bits per heavy atom. The first-order valence-corrected chi connectivity index (χ1v) is 7.55. The first-order chi connectivity index (χ1) is 10.3. The largest absolute Gasteiger partial charge is 0.295 e. The zero-order valence-corrected chi connectivity index (χ0v) is 11.9. The molecule has 6 nitrogen and oxygen atoms in total. The molecule has 0 spiro atoms. The normalized spacial score (nSPS) is 21.6. The third-order valence-electron chi connectivity index (χ3n) is 4.62. The van der Waals surface area contributed by atoms with Gasteiger partial charge in [-0.05, 0) is 31.2 Å². The van der Waals surface area contributed by atoms with E-state index in [1.807, 2.05) is 10.9 Å². The van der Waals surface area contributed by atoms with Gasteiger partial charge in [0.2, 0.25) is 0 Å².